The Kier molecular flexibility index (Phi) is 4.34. The highest BCUT2D eigenvalue weighted by atomic mass is 32.1. The smallest absolute Gasteiger partial charge is 0.126 e. The molecule has 1 saturated heterocycles. The highest BCUT2D eigenvalue weighted by molar-refractivity contribution is 7.18. The molecular weight excluding hydrogens is 316 g/mol. The zero-order chi connectivity index (χ0) is 16.4. The Morgan fingerprint density at radius 3 is 2.79 bits per heavy atom. The topological polar surface area (TPSA) is 41.1 Å². The molecular formula is C19H22N4S. The van der Waals surface area contributed by atoms with Crippen molar-refractivity contribution in [1.29, 1.82) is 0 Å². The molecule has 0 aliphatic carbocycles. The first-order valence-corrected chi connectivity index (χ1v) is 9.40. The molecule has 1 aromatic carbocycles. The van der Waals surface area contributed by atoms with Gasteiger partial charge in [-0.2, -0.15) is 0 Å². The molecule has 0 radical (unpaired) electrons. The van der Waals surface area contributed by atoms with E-state index in [-0.39, 0.29) is 0 Å². The van der Waals surface area contributed by atoms with E-state index in [9.17, 15) is 0 Å². The largest absolute Gasteiger partial charge is 0.370 e. The van der Waals surface area contributed by atoms with Crippen LogP contribution in [-0.4, -0.2) is 23.1 Å². The standard InChI is InChI=1S/C19H22N4S/c1-14-22-17-7-5-15(11-18(17)24-14)12-20-19-8-6-16(13-21-19)23-9-3-2-4-10-23/h5-8,11,13H,2-4,9-10,12H2,1H3,(H,20,21). The van der Waals surface area contributed by atoms with Crippen molar-refractivity contribution in [2.45, 2.75) is 32.7 Å². The van der Waals surface area contributed by atoms with E-state index >= 15 is 0 Å². The summed E-state index contributed by atoms with van der Waals surface area (Å²) >= 11 is 1.75. The molecule has 0 unspecified atom stereocenters. The molecule has 1 aliphatic heterocycles. The molecule has 2 aromatic heterocycles. The van der Waals surface area contributed by atoms with E-state index in [2.05, 4.69) is 57.4 Å². The molecule has 0 bridgehead atoms. The van der Waals surface area contributed by atoms with Crippen molar-refractivity contribution in [3.05, 3.63) is 47.1 Å². The van der Waals surface area contributed by atoms with E-state index in [4.69, 9.17) is 0 Å². The Balaban J connectivity index is 1.41. The van der Waals surface area contributed by atoms with Crippen molar-refractivity contribution in [1.82, 2.24) is 9.97 Å². The van der Waals surface area contributed by atoms with Crippen LogP contribution in [0.3, 0.4) is 0 Å². The van der Waals surface area contributed by atoms with Gasteiger partial charge in [-0.3, -0.25) is 0 Å². The van der Waals surface area contributed by atoms with Crippen molar-refractivity contribution in [2.24, 2.45) is 0 Å². The number of fused-ring (bicyclic) bond motifs is 1. The third-order valence-corrected chi connectivity index (χ3v) is 5.44. The number of benzene rings is 1. The highest BCUT2D eigenvalue weighted by Gasteiger charge is 2.11. The Morgan fingerprint density at radius 2 is 2.00 bits per heavy atom. The lowest BCUT2D eigenvalue weighted by molar-refractivity contribution is 0.577. The van der Waals surface area contributed by atoms with Gasteiger partial charge in [0.1, 0.15) is 5.82 Å². The number of hydrogen-bond acceptors (Lipinski definition) is 5. The van der Waals surface area contributed by atoms with Crippen molar-refractivity contribution in [2.75, 3.05) is 23.3 Å². The summed E-state index contributed by atoms with van der Waals surface area (Å²) in [6.45, 7) is 5.14. The van der Waals surface area contributed by atoms with Crippen LogP contribution in [-0.2, 0) is 6.54 Å². The van der Waals surface area contributed by atoms with E-state index in [1.54, 1.807) is 11.3 Å². The molecule has 1 aliphatic rings. The van der Waals surface area contributed by atoms with E-state index in [1.165, 1.54) is 35.2 Å². The predicted octanol–water partition coefficient (Wildman–Crippen LogP) is 4.60. The summed E-state index contributed by atoms with van der Waals surface area (Å²) in [4.78, 5) is 11.5. The second-order valence-electron chi connectivity index (χ2n) is 6.34. The predicted molar refractivity (Wildman–Crippen MR) is 102 cm³/mol. The Bertz CT molecular complexity index is 819. The molecule has 0 saturated carbocycles. The molecule has 4 nitrogen and oxygen atoms in total. The molecule has 4 rings (SSSR count). The average molecular weight is 338 g/mol. The molecule has 3 aromatic rings. The van der Waals surface area contributed by atoms with Gasteiger partial charge in [0.05, 0.1) is 27.1 Å². The van der Waals surface area contributed by atoms with Crippen LogP contribution in [0.5, 0.6) is 0 Å². The van der Waals surface area contributed by atoms with E-state index in [0.717, 1.165) is 36.0 Å². The first-order valence-electron chi connectivity index (χ1n) is 8.59. The summed E-state index contributed by atoms with van der Waals surface area (Å²) in [6, 6.07) is 10.7. The van der Waals surface area contributed by atoms with Crippen molar-refractivity contribution in [3.8, 4) is 0 Å². The first kappa shape index (κ1) is 15.4. The van der Waals surface area contributed by atoms with Crippen molar-refractivity contribution >= 4 is 33.1 Å². The number of nitrogens with one attached hydrogen (secondary N) is 1. The summed E-state index contributed by atoms with van der Waals surface area (Å²) in [7, 11) is 0. The lowest BCUT2D eigenvalue weighted by Crippen LogP contribution is -2.29. The number of anilines is 2. The summed E-state index contributed by atoms with van der Waals surface area (Å²) in [5, 5.41) is 4.53. The van der Waals surface area contributed by atoms with E-state index in [0.29, 0.717) is 0 Å². The number of aryl methyl sites for hydroxylation is 1. The molecule has 0 spiro atoms. The van der Waals surface area contributed by atoms with Crippen LogP contribution in [0.2, 0.25) is 0 Å². The fourth-order valence-corrected chi connectivity index (χ4v) is 4.11. The quantitative estimate of drug-likeness (QED) is 0.755. The molecule has 124 valence electrons. The van der Waals surface area contributed by atoms with Crippen LogP contribution >= 0.6 is 11.3 Å². The van der Waals surface area contributed by atoms with Gasteiger partial charge in [0.25, 0.3) is 0 Å². The summed E-state index contributed by atoms with van der Waals surface area (Å²) in [5.74, 6) is 0.927. The monoisotopic (exact) mass is 338 g/mol. The summed E-state index contributed by atoms with van der Waals surface area (Å²) in [6.07, 6.45) is 5.93. The first-order chi connectivity index (χ1) is 11.8. The summed E-state index contributed by atoms with van der Waals surface area (Å²) < 4.78 is 1.25. The van der Waals surface area contributed by atoms with Gasteiger partial charge in [0, 0.05) is 19.6 Å². The Labute approximate surface area is 146 Å². The van der Waals surface area contributed by atoms with E-state index < -0.39 is 0 Å². The van der Waals surface area contributed by atoms with E-state index in [1.807, 2.05) is 6.20 Å². The van der Waals surface area contributed by atoms with Crippen LogP contribution in [0.1, 0.15) is 29.8 Å². The van der Waals surface area contributed by atoms with Crippen LogP contribution in [0.25, 0.3) is 10.2 Å². The minimum absolute atomic E-state index is 0.781. The molecule has 0 amide bonds. The number of rotatable bonds is 4. The third kappa shape index (κ3) is 3.36. The fourth-order valence-electron chi connectivity index (χ4n) is 3.22. The maximum atomic E-state index is 4.57. The number of thiazole rings is 1. The van der Waals surface area contributed by atoms with Crippen LogP contribution in [0.15, 0.2) is 36.5 Å². The second kappa shape index (κ2) is 6.77. The molecule has 5 heteroatoms. The van der Waals surface area contributed by atoms with Gasteiger partial charge < -0.3 is 10.2 Å². The average Bonchev–Trinajstić information content (AvgIpc) is 3.00. The molecule has 0 atom stereocenters. The fraction of sp³-hybridized carbons (Fsp3) is 0.368. The third-order valence-electron chi connectivity index (χ3n) is 4.50. The molecule has 24 heavy (non-hydrogen) atoms. The molecule has 3 heterocycles. The number of aromatic nitrogens is 2. The highest BCUT2D eigenvalue weighted by Crippen LogP contribution is 2.23. The van der Waals surface area contributed by atoms with Crippen molar-refractivity contribution in [3.63, 3.8) is 0 Å². The molecule has 1 N–H and O–H groups in total. The van der Waals surface area contributed by atoms with Gasteiger partial charge in [0.15, 0.2) is 0 Å². The minimum Gasteiger partial charge on any atom is -0.370 e. The van der Waals surface area contributed by atoms with Crippen molar-refractivity contribution < 1.29 is 0 Å². The van der Waals surface area contributed by atoms with Gasteiger partial charge in [-0.25, -0.2) is 9.97 Å². The zero-order valence-electron chi connectivity index (χ0n) is 14.0. The molecule has 1 fully saturated rings. The minimum atomic E-state index is 0.781. The number of hydrogen-bond donors (Lipinski definition) is 1. The van der Waals surface area contributed by atoms with Gasteiger partial charge in [-0.1, -0.05) is 6.07 Å². The van der Waals surface area contributed by atoms with Gasteiger partial charge >= 0.3 is 0 Å². The maximum Gasteiger partial charge on any atom is 0.126 e. The lowest BCUT2D eigenvalue weighted by Gasteiger charge is -2.28. The number of pyridine rings is 1. The van der Waals surface area contributed by atoms with Crippen LogP contribution < -0.4 is 10.2 Å². The zero-order valence-corrected chi connectivity index (χ0v) is 14.8. The van der Waals surface area contributed by atoms with Gasteiger partial charge in [0.2, 0.25) is 0 Å². The Morgan fingerprint density at radius 1 is 1.12 bits per heavy atom. The second-order valence-corrected chi connectivity index (χ2v) is 7.57. The van der Waals surface area contributed by atoms with Gasteiger partial charge in [-0.15, -0.1) is 11.3 Å². The summed E-state index contributed by atoms with van der Waals surface area (Å²) in [5.41, 5.74) is 3.58. The number of nitrogens with zero attached hydrogens (tertiary/aromatic N) is 3. The Hall–Kier alpha value is -2.14. The SMILES string of the molecule is Cc1nc2ccc(CNc3ccc(N4CCCCC4)cn3)cc2s1. The van der Waals surface area contributed by atoms with Gasteiger partial charge in [-0.05, 0) is 56.0 Å². The number of piperidine rings is 1. The van der Waals surface area contributed by atoms with Crippen LogP contribution in [0, 0.1) is 6.92 Å². The normalized spacial score (nSPS) is 15.0. The van der Waals surface area contributed by atoms with Crippen LogP contribution in [0.4, 0.5) is 11.5 Å². The maximum absolute atomic E-state index is 4.57. The lowest BCUT2D eigenvalue weighted by atomic mass is 10.1.